The van der Waals surface area contributed by atoms with E-state index in [1.807, 2.05) is 31.2 Å². The van der Waals surface area contributed by atoms with Gasteiger partial charge in [0, 0.05) is 29.7 Å². The number of imidazole rings is 1. The summed E-state index contributed by atoms with van der Waals surface area (Å²) >= 11 is 0. The number of hydrogen-bond acceptors (Lipinski definition) is 8. The molecule has 32 heavy (non-hydrogen) atoms. The highest BCUT2D eigenvalue weighted by Crippen LogP contribution is 2.26. The SMILES string of the molecule is CC1=C(C(=O)Nc2ccc(N)c(C(=N)c3nc4ccccc4[nH]3)c2)Cn2nnnc2N1C. The maximum Gasteiger partial charge on any atom is 0.255 e. The van der Waals surface area contributed by atoms with Crippen molar-refractivity contribution in [2.24, 2.45) is 0 Å². The van der Waals surface area contributed by atoms with Gasteiger partial charge in [-0.3, -0.25) is 10.2 Å². The number of H-pyrrole nitrogens is 1. The lowest BCUT2D eigenvalue weighted by Gasteiger charge is -2.26. The Labute approximate surface area is 182 Å². The van der Waals surface area contributed by atoms with Crippen molar-refractivity contribution in [2.45, 2.75) is 13.5 Å². The quantitative estimate of drug-likeness (QED) is 0.286. The normalized spacial score (nSPS) is 13.4. The molecule has 3 heterocycles. The molecule has 11 nitrogen and oxygen atoms in total. The highest BCUT2D eigenvalue weighted by molar-refractivity contribution is 6.14. The third kappa shape index (κ3) is 3.16. The molecule has 5 N–H and O–H groups in total. The molecule has 0 aliphatic carbocycles. The Bertz CT molecular complexity index is 1380. The number of aromatic amines is 1. The molecule has 2 aromatic carbocycles. The van der Waals surface area contributed by atoms with Gasteiger partial charge in [-0.1, -0.05) is 17.2 Å². The summed E-state index contributed by atoms with van der Waals surface area (Å²) < 4.78 is 1.56. The van der Waals surface area contributed by atoms with Crippen LogP contribution in [-0.2, 0) is 11.3 Å². The van der Waals surface area contributed by atoms with Gasteiger partial charge in [0.05, 0.1) is 23.2 Å². The number of hydrogen-bond donors (Lipinski definition) is 4. The first-order chi connectivity index (χ1) is 15.4. The molecule has 0 bridgehead atoms. The number of tetrazole rings is 1. The Kier molecular flexibility index (Phi) is 4.43. The molecule has 0 saturated carbocycles. The number of aromatic nitrogens is 6. The van der Waals surface area contributed by atoms with Crippen molar-refractivity contribution in [1.29, 1.82) is 5.41 Å². The third-order valence-corrected chi connectivity index (χ3v) is 5.54. The summed E-state index contributed by atoms with van der Waals surface area (Å²) in [7, 11) is 1.81. The topological polar surface area (TPSA) is 154 Å². The Hall–Kier alpha value is -4.54. The van der Waals surface area contributed by atoms with Crippen LogP contribution in [0.2, 0.25) is 0 Å². The lowest BCUT2D eigenvalue weighted by molar-refractivity contribution is -0.113. The van der Waals surface area contributed by atoms with Crippen LogP contribution >= 0.6 is 0 Å². The summed E-state index contributed by atoms with van der Waals surface area (Å²) in [6.45, 7) is 2.11. The Morgan fingerprint density at radius 3 is 2.88 bits per heavy atom. The minimum absolute atomic E-state index is 0.140. The van der Waals surface area contributed by atoms with Crippen molar-refractivity contribution >= 4 is 40.0 Å². The van der Waals surface area contributed by atoms with Crippen LogP contribution in [0.25, 0.3) is 11.0 Å². The van der Waals surface area contributed by atoms with E-state index in [0.717, 1.165) is 16.7 Å². The fraction of sp³-hybridized carbons (Fsp3) is 0.143. The molecule has 0 spiro atoms. The number of nitrogen functional groups attached to an aromatic ring is 1. The van der Waals surface area contributed by atoms with Crippen LogP contribution in [0.5, 0.6) is 0 Å². The molecular weight excluding hydrogens is 408 g/mol. The number of carbonyl (C=O) groups is 1. The standard InChI is InChI=1S/C21H20N10O/c1-11-14(10-31-21(30(11)2)27-28-29-31)20(32)24-12-7-8-15(22)13(9-12)18(23)19-25-16-5-3-4-6-17(16)26-19/h3-9,23H,10,22H2,1-2H3,(H,24,32)(H,25,26). The first-order valence-electron chi connectivity index (χ1n) is 9.87. The molecule has 4 aromatic rings. The number of amides is 1. The summed E-state index contributed by atoms with van der Waals surface area (Å²) in [5, 5.41) is 23.1. The molecule has 0 radical (unpaired) electrons. The molecule has 160 valence electrons. The number of nitrogens with two attached hydrogens (primary N) is 1. The average molecular weight is 428 g/mol. The maximum atomic E-state index is 13.0. The summed E-state index contributed by atoms with van der Waals surface area (Å²) in [4.78, 5) is 22.4. The van der Waals surface area contributed by atoms with Crippen molar-refractivity contribution in [3.8, 4) is 0 Å². The van der Waals surface area contributed by atoms with Crippen LogP contribution in [0, 0.1) is 5.41 Å². The van der Waals surface area contributed by atoms with Gasteiger partial charge in [0.1, 0.15) is 5.71 Å². The summed E-state index contributed by atoms with van der Waals surface area (Å²) in [5.74, 6) is 0.703. The van der Waals surface area contributed by atoms with Crippen molar-refractivity contribution in [3.63, 3.8) is 0 Å². The largest absolute Gasteiger partial charge is 0.398 e. The monoisotopic (exact) mass is 428 g/mol. The smallest absolute Gasteiger partial charge is 0.255 e. The number of rotatable bonds is 4. The Morgan fingerprint density at radius 1 is 1.25 bits per heavy atom. The second-order valence-corrected chi connectivity index (χ2v) is 7.49. The number of allylic oxidation sites excluding steroid dienone is 1. The van der Waals surface area contributed by atoms with Gasteiger partial charge >= 0.3 is 0 Å². The summed E-state index contributed by atoms with van der Waals surface area (Å²) in [5.41, 5.74) is 10.6. The molecule has 0 fully saturated rings. The minimum atomic E-state index is -0.276. The van der Waals surface area contributed by atoms with Gasteiger partial charge in [-0.05, 0) is 47.7 Å². The molecule has 0 unspecified atom stereocenters. The van der Waals surface area contributed by atoms with E-state index in [9.17, 15) is 4.79 Å². The molecule has 0 saturated heterocycles. The summed E-state index contributed by atoms with van der Waals surface area (Å²) in [6.07, 6.45) is 0. The van der Waals surface area contributed by atoms with Crippen molar-refractivity contribution in [1.82, 2.24) is 30.2 Å². The minimum Gasteiger partial charge on any atom is -0.398 e. The molecule has 2 aromatic heterocycles. The zero-order valence-corrected chi connectivity index (χ0v) is 17.4. The first-order valence-corrected chi connectivity index (χ1v) is 9.87. The molecular formula is C21H20N10O. The van der Waals surface area contributed by atoms with E-state index in [2.05, 4.69) is 30.8 Å². The number of nitrogens with one attached hydrogen (secondary N) is 3. The fourth-order valence-electron chi connectivity index (χ4n) is 3.65. The van der Waals surface area contributed by atoms with E-state index in [4.69, 9.17) is 11.1 Å². The highest BCUT2D eigenvalue weighted by atomic mass is 16.1. The maximum absolute atomic E-state index is 13.0. The van der Waals surface area contributed by atoms with Crippen LogP contribution in [0.15, 0.2) is 53.7 Å². The fourth-order valence-corrected chi connectivity index (χ4v) is 3.65. The zero-order valence-electron chi connectivity index (χ0n) is 17.4. The van der Waals surface area contributed by atoms with E-state index in [-0.39, 0.29) is 18.2 Å². The number of para-hydroxylation sites is 2. The van der Waals surface area contributed by atoms with E-state index in [1.165, 1.54) is 0 Å². The van der Waals surface area contributed by atoms with Crippen molar-refractivity contribution in [2.75, 3.05) is 23.0 Å². The van der Waals surface area contributed by atoms with Crippen LogP contribution in [-0.4, -0.2) is 48.8 Å². The predicted molar refractivity (Wildman–Crippen MR) is 120 cm³/mol. The number of carbonyl (C=O) groups excluding carboxylic acids is 1. The lowest BCUT2D eigenvalue weighted by Crippen LogP contribution is -2.32. The number of anilines is 3. The molecule has 11 heteroatoms. The van der Waals surface area contributed by atoms with Crippen molar-refractivity contribution < 1.29 is 4.79 Å². The zero-order chi connectivity index (χ0) is 22.4. The van der Waals surface area contributed by atoms with E-state index >= 15 is 0 Å². The Balaban J connectivity index is 1.42. The number of fused-ring (bicyclic) bond motifs is 2. The van der Waals surface area contributed by atoms with E-state index in [0.29, 0.717) is 34.3 Å². The van der Waals surface area contributed by atoms with Gasteiger partial charge in [-0.25, -0.2) is 9.67 Å². The van der Waals surface area contributed by atoms with E-state index < -0.39 is 0 Å². The van der Waals surface area contributed by atoms with Gasteiger partial charge in [0.2, 0.25) is 5.95 Å². The lowest BCUT2D eigenvalue weighted by atomic mass is 10.1. The Morgan fingerprint density at radius 2 is 2.06 bits per heavy atom. The van der Waals surface area contributed by atoms with Crippen LogP contribution in [0.4, 0.5) is 17.3 Å². The van der Waals surface area contributed by atoms with E-state index in [1.54, 1.807) is 34.8 Å². The van der Waals surface area contributed by atoms with Crippen LogP contribution < -0.4 is 16.0 Å². The van der Waals surface area contributed by atoms with Gasteiger partial charge in [0.25, 0.3) is 5.91 Å². The number of nitrogens with zero attached hydrogens (tertiary/aromatic N) is 6. The molecule has 5 rings (SSSR count). The molecule has 0 atom stereocenters. The van der Waals surface area contributed by atoms with Gasteiger partial charge in [-0.2, -0.15) is 0 Å². The van der Waals surface area contributed by atoms with Gasteiger partial charge < -0.3 is 20.9 Å². The average Bonchev–Trinajstić information content (AvgIpc) is 3.44. The second kappa shape index (κ2) is 7.30. The molecule has 1 aliphatic rings. The summed E-state index contributed by atoms with van der Waals surface area (Å²) in [6, 6.07) is 12.6. The second-order valence-electron chi connectivity index (χ2n) is 7.49. The predicted octanol–water partition coefficient (Wildman–Crippen LogP) is 1.91. The first kappa shape index (κ1) is 19.4. The molecule has 1 aliphatic heterocycles. The van der Waals surface area contributed by atoms with Crippen LogP contribution in [0.1, 0.15) is 18.3 Å². The van der Waals surface area contributed by atoms with Crippen molar-refractivity contribution in [3.05, 3.63) is 65.1 Å². The number of benzene rings is 2. The van der Waals surface area contributed by atoms with Gasteiger partial charge in [-0.15, -0.1) is 0 Å². The molecule has 1 amide bonds. The van der Waals surface area contributed by atoms with Gasteiger partial charge in [0.15, 0.2) is 5.82 Å². The highest BCUT2D eigenvalue weighted by Gasteiger charge is 2.26. The third-order valence-electron chi connectivity index (χ3n) is 5.54. The van der Waals surface area contributed by atoms with Crippen LogP contribution in [0.3, 0.4) is 0 Å².